The Kier molecular flexibility index (Phi) is 6.67. The number of aromatic nitrogens is 1. The molecule has 3 aromatic rings. The molecule has 2 amide bonds. The van der Waals surface area contributed by atoms with Crippen LogP contribution < -0.4 is 10.1 Å². The highest BCUT2D eigenvalue weighted by molar-refractivity contribution is 9.10. The minimum Gasteiger partial charge on any atom is -0.492 e. The number of halogens is 1. The average molecular weight is 526 g/mol. The minimum absolute atomic E-state index is 0.0656. The van der Waals surface area contributed by atoms with Crippen molar-refractivity contribution >= 4 is 62.1 Å². The number of fused-ring (bicyclic) bond motifs is 1. The van der Waals surface area contributed by atoms with E-state index in [-0.39, 0.29) is 16.6 Å². The highest BCUT2D eigenvalue weighted by Gasteiger charge is 2.32. The number of thiocarbonyl (C=S) groups is 1. The number of amides is 2. The first-order valence-corrected chi connectivity index (χ1v) is 11.9. The molecule has 0 unspecified atom stereocenters. The van der Waals surface area contributed by atoms with E-state index in [0.717, 1.165) is 26.7 Å². The van der Waals surface area contributed by atoms with Crippen LogP contribution in [0, 0.1) is 13.8 Å². The standard InChI is InChI=1S/C25H24BrN3O3S/c1-4-29-24(31)21(23(30)27-25(29)33)12-17-14-28(22-8-6-18(26)13-20(17)22)9-10-32-19-7-5-15(2)16(3)11-19/h5-8,11-14H,4,9-10H2,1-3H3,(H,27,30,33)/b21-12+. The van der Waals surface area contributed by atoms with Gasteiger partial charge in [0.15, 0.2) is 5.11 Å². The zero-order chi connectivity index (χ0) is 23.7. The molecule has 170 valence electrons. The largest absolute Gasteiger partial charge is 0.492 e. The van der Waals surface area contributed by atoms with Gasteiger partial charge in [-0.15, -0.1) is 0 Å². The number of carbonyl (C=O) groups is 2. The van der Waals surface area contributed by atoms with Crippen molar-refractivity contribution in [3.63, 3.8) is 0 Å². The summed E-state index contributed by atoms with van der Waals surface area (Å²) in [6.45, 7) is 7.43. The van der Waals surface area contributed by atoms with Crippen LogP contribution in [-0.2, 0) is 16.1 Å². The fourth-order valence-corrected chi connectivity index (χ4v) is 4.46. The molecule has 0 aliphatic carbocycles. The molecule has 6 nitrogen and oxygen atoms in total. The molecule has 0 spiro atoms. The first-order chi connectivity index (χ1) is 15.8. The van der Waals surface area contributed by atoms with Gasteiger partial charge >= 0.3 is 0 Å². The number of ether oxygens (including phenoxy) is 1. The minimum atomic E-state index is -0.483. The molecule has 33 heavy (non-hydrogen) atoms. The summed E-state index contributed by atoms with van der Waals surface area (Å²) >= 11 is 8.64. The Morgan fingerprint density at radius 3 is 2.64 bits per heavy atom. The van der Waals surface area contributed by atoms with Gasteiger partial charge in [-0.05, 0) is 80.5 Å². The monoisotopic (exact) mass is 525 g/mol. The summed E-state index contributed by atoms with van der Waals surface area (Å²) in [6, 6.07) is 12.0. The van der Waals surface area contributed by atoms with Crippen molar-refractivity contribution in [1.82, 2.24) is 14.8 Å². The van der Waals surface area contributed by atoms with Crippen LogP contribution >= 0.6 is 28.1 Å². The number of likely N-dealkylation sites (N-methyl/N-ethyl adjacent to an activating group) is 1. The van der Waals surface area contributed by atoms with E-state index in [1.807, 2.05) is 43.5 Å². The zero-order valence-electron chi connectivity index (χ0n) is 18.6. The van der Waals surface area contributed by atoms with Gasteiger partial charge in [0.05, 0.1) is 6.54 Å². The maximum absolute atomic E-state index is 12.8. The number of hydrogen-bond donors (Lipinski definition) is 1. The normalized spacial score (nSPS) is 15.5. The van der Waals surface area contributed by atoms with Gasteiger partial charge < -0.3 is 9.30 Å². The first-order valence-electron chi connectivity index (χ1n) is 10.7. The molecule has 1 aliphatic heterocycles. The Morgan fingerprint density at radius 2 is 1.91 bits per heavy atom. The predicted molar refractivity (Wildman–Crippen MR) is 137 cm³/mol. The summed E-state index contributed by atoms with van der Waals surface area (Å²) in [4.78, 5) is 26.7. The average Bonchev–Trinajstić information content (AvgIpc) is 3.10. The van der Waals surface area contributed by atoms with Crippen LogP contribution in [0.3, 0.4) is 0 Å². The molecule has 8 heteroatoms. The fraction of sp³-hybridized carbons (Fsp3) is 0.240. The van der Waals surface area contributed by atoms with E-state index in [9.17, 15) is 9.59 Å². The van der Waals surface area contributed by atoms with Gasteiger partial charge in [0.25, 0.3) is 11.8 Å². The molecule has 1 N–H and O–H groups in total. The molecule has 0 atom stereocenters. The highest BCUT2D eigenvalue weighted by atomic mass is 79.9. The smallest absolute Gasteiger partial charge is 0.265 e. The lowest BCUT2D eigenvalue weighted by Gasteiger charge is -2.27. The van der Waals surface area contributed by atoms with Gasteiger partial charge in [-0.3, -0.25) is 19.8 Å². The molecular weight excluding hydrogens is 502 g/mol. The van der Waals surface area contributed by atoms with Crippen LogP contribution in [0.5, 0.6) is 5.75 Å². The number of aryl methyl sites for hydroxylation is 2. The van der Waals surface area contributed by atoms with Crippen molar-refractivity contribution < 1.29 is 14.3 Å². The fourth-order valence-electron chi connectivity index (χ4n) is 3.80. The third kappa shape index (κ3) is 4.72. The van der Waals surface area contributed by atoms with E-state index in [2.05, 4.69) is 45.7 Å². The molecule has 4 rings (SSSR count). The van der Waals surface area contributed by atoms with Crippen molar-refractivity contribution in [2.45, 2.75) is 27.3 Å². The van der Waals surface area contributed by atoms with Crippen LogP contribution in [0.15, 0.2) is 52.6 Å². The lowest BCUT2D eigenvalue weighted by molar-refractivity contribution is -0.128. The van der Waals surface area contributed by atoms with Crippen LogP contribution in [0.4, 0.5) is 0 Å². The quantitative estimate of drug-likeness (QED) is 0.286. The third-order valence-electron chi connectivity index (χ3n) is 5.76. The van der Waals surface area contributed by atoms with Gasteiger partial charge in [-0.1, -0.05) is 22.0 Å². The van der Waals surface area contributed by atoms with Crippen LogP contribution in [0.25, 0.3) is 17.0 Å². The Morgan fingerprint density at radius 1 is 1.12 bits per heavy atom. The van der Waals surface area contributed by atoms with Crippen molar-refractivity contribution in [2.24, 2.45) is 0 Å². The maximum atomic E-state index is 12.8. The third-order valence-corrected chi connectivity index (χ3v) is 6.57. The SMILES string of the molecule is CCN1C(=O)/C(=C/c2cn(CCOc3ccc(C)c(C)c3)c3ccc(Br)cc23)C(=O)NC1=S. The highest BCUT2D eigenvalue weighted by Crippen LogP contribution is 2.28. The van der Waals surface area contributed by atoms with E-state index in [1.54, 1.807) is 6.08 Å². The summed E-state index contributed by atoms with van der Waals surface area (Å²) < 4.78 is 8.95. The summed E-state index contributed by atoms with van der Waals surface area (Å²) in [5.41, 5.74) is 4.25. The van der Waals surface area contributed by atoms with E-state index in [4.69, 9.17) is 17.0 Å². The van der Waals surface area contributed by atoms with Crippen molar-refractivity contribution in [3.05, 3.63) is 69.3 Å². The molecule has 0 bridgehead atoms. The lowest BCUT2D eigenvalue weighted by Crippen LogP contribution is -2.53. The predicted octanol–water partition coefficient (Wildman–Crippen LogP) is 4.75. The van der Waals surface area contributed by atoms with Crippen molar-refractivity contribution in [1.29, 1.82) is 0 Å². The number of hydrogen-bond acceptors (Lipinski definition) is 4. The summed E-state index contributed by atoms with van der Waals surface area (Å²) in [5, 5.41) is 3.67. The van der Waals surface area contributed by atoms with Crippen molar-refractivity contribution in [3.8, 4) is 5.75 Å². The maximum Gasteiger partial charge on any atom is 0.265 e. The Hall–Kier alpha value is -2.97. The molecule has 1 aliphatic rings. The molecule has 2 aromatic carbocycles. The Balaban J connectivity index is 1.64. The number of benzene rings is 2. The second kappa shape index (κ2) is 9.49. The van der Waals surface area contributed by atoms with E-state index >= 15 is 0 Å². The molecule has 1 saturated heterocycles. The second-order valence-corrected chi connectivity index (χ2v) is 9.20. The van der Waals surface area contributed by atoms with E-state index < -0.39 is 5.91 Å². The Labute approximate surface area is 206 Å². The Bertz CT molecular complexity index is 1310. The topological polar surface area (TPSA) is 63.6 Å². The lowest BCUT2D eigenvalue weighted by atomic mass is 10.1. The van der Waals surface area contributed by atoms with Gasteiger partial charge in [0.2, 0.25) is 0 Å². The second-order valence-electron chi connectivity index (χ2n) is 7.90. The van der Waals surface area contributed by atoms with Gasteiger partial charge in [0.1, 0.15) is 17.9 Å². The number of rotatable bonds is 6. The molecule has 1 aromatic heterocycles. The molecule has 2 heterocycles. The van der Waals surface area contributed by atoms with E-state index in [1.165, 1.54) is 16.0 Å². The zero-order valence-corrected chi connectivity index (χ0v) is 21.0. The van der Waals surface area contributed by atoms with Crippen molar-refractivity contribution in [2.75, 3.05) is 13.2 Å². The van der Waals surface area contributed by atoms with Gasteiger partial charge in [-0.25, -0.2) is 0 Å². The van der Waals surface area contributed by atoms with Crippen LogP contribution in [0.1, 0.15) is 23.6 Å². The van der Waals surface area contributed by atoms with Gasteiger partial charge in [-0.2, -0.15) is 0 Å². The number of nitrogens with zero attached hydrogens (tertiary/aromatic N) is 2. The van der Waals surface area contributed by atoms with Crippen LogP contribution in [0.2, 0.25) is 0 Å². The summed E-state index contributed by atoms with van der Waals surface area (Å²) in [7, 11) is 0. The molecule has 0 saturated carbocycles. The first kappa shape index (κ1) is 23.2. The number of nitrogens with one attached hydrogen (secondary N) is 1. The van der Waals surface area contributed by atoms with Gasteiger partial charge in [0, 0.05) is 33.7 Å². The van der Waals surface area contributed by atoms with Crippen LogP contribution in [-0.4, -0.2) is 39.5 Å². The van der Waals surface area contributed by atoms with E-state index in [0.29, 0.717) is 19.7 Å². The molecular formula is C25H24BrN3O3S. The molecule has 0 radical (unpaired) electrons. The number of carbonyl (C=O) groups excluding carboxylic acids is 2. The summed E-state index contributed by atoms with van der Waals surface area (Å²) in [5.74, 6) is -0.0383. The summed E-state index contributed by atoms with van der Waals surface area (Å²) in [6.07, 6.45) is 3.58. The molecule has 1 fully saturated rings.